The van der Waals surface area contributed by atoms with Gasteiger partial charge in [-0.2, -0.15) is 0 Å². The van der Waals surface area contributed by atoms with Gasteiger partial charge in [0.15, 0.2) is 0 Å². The van der Waals surface area contributed by atoms with Crippen LogP contribution < -0.4 is 18.9 Å². The van der Waals surface area contributed by atoms with Crippen LogP contribution in [0.5, 0.6) is 23.0 Å². The molecular formula is C42H54N2O10. The molecule has 1 saturated carbocycles. The Labute approximate surface area is 318 Å². The highest BCUT2D eigenvalue weighted by molar-refractivity contribution is 5.91. The van der Waals surface area contributed by atoms with Crippen LogP contribution in [0.15, 0.2) is 62.0 Å². The number of carbonyl (C=O) groups excluding carboxylic acids is 4. The number of nitrogens with zero attached hydrogens (tertiary/aromatic N) is 2. The molecule has 0 atom stereocenters. The highest BCUT2D eigenvalue weighted by Crippen LogP contribution is 2.64. The zero-order chi connectivity index (χ0) is 38.5. The molecule has 0 saturated heterocycles. The van der Waals surface area contributed by atoms with Gasteiger partial charge in [0.1, 0.15) is 23.0 Å². The van der Waals surface area contributed by atoms with E-state index in [1.807, 2.05) is 24.3 Å². The van der Waals surface area contributed by atoms with Crippen LogP contribution in [0, 0.1) is 11.8 Å². The third kappa shape index (κ3) is 10.3. The van der Waals surface area contributed by atoms with Gasteiger partial charge in [-0.1, -0.05) is 25.3 Å². The molecule has 54 heavy (non-hydrogen) atoms. The number of esters is 2. The molecule has 3 aliphatic rings. The lowest BCUT2D eigenvalue weighted by molar-refractivity contribution is -0.161. The summed E-state index contributed by atoms with van der Waals surface area (Å²) in [5, 5.41) is 0. The van der Waals surface area contributed by atoms with Gasteiger partial charge < -0.3 is 38.2 Å². The molecule has 0 radical (unpaired) electrons. The number of ether oxygens (including phenoxy) is 6. The summed E-state index contributed by atoms with van der Waals surface area (Å²) in [6, 6.07) is 11.0. The molecule has 292 valence electrons. The summed E-state index contributed by atoms with van der Waals surface area (Å²) >= 11 is 0. The first-order chi connectivity index (χ1) is 26.2. The second-order valence-corrected chi connectivity index (χ2v) is 13.9. The molecule has 12 heteroatoms. The fraction of sp³-hybridized carbons (Fsp3) is 0.524. The molecule has 5 rings (SSSR count). The van der Waals surface area contributed by atoms with Crippen molar-refractivity contribution in [2.75, 3.05) is 52.7 Å². The van der Waals surface area contributed by atoms with Gasteiger partial charge in [0.05, 0.1) is 25.0 Å². The zero-order valence-electron chi connectivity index (χ0n) is 31.6. The second-order valence-electron chi connectivity index (χ2n) is 13.9. The Morgan fingerprint density at radius 3 is 1.33 bits per heavy atom. The van der Waals surface area contributed by atoms with Crippen molar-refractivity contribution in [2.24, 2.45) is 11.8 Å². The van der Waals surface area contributed by atoms with E-state index in [1.54, 1.807) is 34.3 Å². The number of unbranched alkanes of at least 4 members (excludes halogenated alkanes) is 4. The van der Waals surface area contributed by atoms with Crippen molar-refractivity contribution in [3.05, 3.63) is 73.1 Å². The van der Waals surface area contributed by atoms with Crippen LogP contribution in [0.3, 0.4) is 0 Å². The topological polar surface area (TPSA) is 130 Å². The Balaban J connectivity index is 1.01. The van der Waals surface area contributed by atoms with E-state index in [1.165, 1.54) is 13.8 Å². The highest BCUT2D eigenvalue weighted by atomic mass is 16.5. The first kappa shape index (κ1) is 40.5. The van der Waals surface area contributed by atoms with Gasteiger partial charge in [0.25, 0.3) is 0 Å². The Hall–Kier alpha value is -4.68. The van der Waals surface area contributed by atoms with Crippen molar-refractivity contribution in [1.29, 1.82) is 0 Å². The maximum Gasteiger partial charge on any atom is 0.315 e. The molecule has 2 aromatic rings. The summed E-state index contributed by atoms with van der Waals surface area (Å²) in [7, 11) is 0. The number of hydrogen-bond donors (Lipinski definition) is 0. The van der Waals surface area contributed by atoms with E-state index in [4.69, 9.17) is 28.4 Å². The van der Waals surface area contributed by atoms with Crippen LogP contribution in [0.1, 0.15) is 88.2 Å². The van der Waals surface area contributed by atoms with E-state index in [2.05, 4.69) is 13.2 Å². The van der Waals surface area contributed by atoms with Gasteiger partial charge in [-0.3, -0.25) is 19.2 Å². The Kier molecular flexibility index (Phi) is 15.1. The lowest BCUT2D eigenvalue weighted by Crippen LogP contribution is -2.56. The fourth-order valence-electron chi connectivity index (χ4n) is 7.32. The smallest absolute Gasteiger partial charge is 0.315 e. The fourth-order valence-corrected chi connectivity index (χ4v) is 7.32. The number of benzene rings is 2. The maximum absolute atomic E-state index is 13.3. The minimum Gasteiger partial charge on any atom is -0.493 e. The van der Waals surface area contributed by atoms with E-state index in [9.17, 15) is 19.2 Å². The van der Waals surface area contributed by atoms with Crippen molar-refractivity contribution in [3.63, 3.8) is 0 Å². The van der Waals surface area contributed by atoms with Gasteiger partial charge in [0.2, 0.25) is 11.8 Å². The van der Waals surface area contributed by atoms with E-state index in [-0.39, 0.29) is 35.6 Å². The average Bonchev–Trinajstić information content (AvgIpc) is 3.13. The lowest BCUT2D eigenvalue weighted by atomic mass is 9.51. The van der Waals surface area contributed by atoms with Crippen LogP contribution in [0.4, 0.5) is 0 Å². The summed E-state index contributed by atoms with van der Waals surface area (Å²) in [6.45, 7) is 15.2. The normalized spacial score (nSPS) is 19.1. The standard InChI is InChI=1S/C42H54N2O10/c1-5-43(29(3)45)19-7-9-21-49-23-11-13-25-51-31-15-17-33-35(27-31)53-41(47)39-37(33)40-38(39)34-18-16-32(28-36(34)54-42(40)48)52-26-14-12-24-50-22-10-8-20-44(6-2)30(4)46/h5-6,15-18,27-28,37-40H,1-2,7-14,19-26H2,3-4H3. The highest BCUT2D eigenvalue weighted by Gasteiger charge is 2.64. The molecular weight excluding hydrogens is 692 g/mol. The number of hydrogen-bond acceptors (Lipinski definition) is 10. The van der Waals surface area contributed by atoms with Crippen molar-refractivity contribution in [1.82, 2.24) is 9.80 Å². The van der Waals surface area contributed by atoms with Crippen molar-refractivity contribution < 1.29 is 47.6 Å². The molecule has 2 heterocycles. The van der Waals surface area contributed by atoms with Crippen molar-refractivity contribution >= 4 is 23.8 Å². The summed E-state index contributed by atoms with van der Waals surface area (Å²) < 4.78 is 34.9. The predicted molar refractivity (Wildman–Crippen MR) is 201 cm³/mol. The minimum absolute atomic E-state index is 0.0100. The molecule has 0 N–H and O–H groups in total. The van der Waals surface area contributed by atoms with Gasteiger partial charge in [-0.15, -0.1) is 0 Å². The average molecular weight is 747 g/mol. The Bertz CT molecular complexity index is 1520. The van der Waals surface area contributed by atoms with Crippen LogP contribution in [-0.4, -0.2) is 86.3 Å². The van der Waals surface area contributed by atoms with Crippen LogP contribution in [0.2, 0.25) is 0 Å². The number of carbonyl (C=O) groups is 4. The summed E-state index contributed by atoms with van der Waals surface area (Å²) in [5.41, 5.74) is 1.63. The molecule has 2 aromatic carbocycles. The molecule has 1 fully saturated rings. The van der Waals surface area contributed by atoms with Crippen LogP contribution in [0.25, 0.3) is 0 Å². The van der Waals surface area contributed by atoms with Gasteiger partial charge in [-0.05, 0) is 75.9 Å². The Morgan fingerprint density at radius 1 is 0.593 bits per heavy atom. The quantitative estimate of drug-likeness (QED) is 0.0664. The lowest BCUT2D eigenvalue weighted by Gasteiger charge is -2.53. The third-order valence-corrected chi connectivity index (χ3v) is 10.2. The number of amides is 2. The summed E-state index contributed by atoms with van der Waals surface area (Å²) in [5.74, 6) is -0.243. The minimum atomic E-state index is -0.474. The van der Waals surface area contributed by atoms with Crippen molar-refractivity contribution in [3.8, 4) is 23.0 Å². The molecule has 0 unspecified atom stereocenters. The molecule has 2 amide bonds. The maximum atomic E-state index is 13.3. The molecule has 2 aliphatic heterocycles. The third-order valence-electron chi connectivity index (χ3n) is 10.2. The Morgan fingerprint density at radius 2 is 0.963 bits per heavy atom. The number of fused-ring (bicyclic) bond motifs is 8. The van der Waals surface area contributed by atoms with Gasteiger partial charge >= 0.3 is 11.9 Å². The number of rotatable bonds is 24. The predicted octanol–water partition coefficient (Wildman–Crippen LogP) is 6.53. The first-order valence-corrected chi connectivity index (χ1v) is 19.1. The van der Waals surface area contributed by atoms with Gasteiger partial charge in [-0.25, -0.2) is 0 Å². The molecule has 0 bridgehead atoms. The van der Waals surface area contributed by atoms with Crippen LogP contribution in [-0.2, 0) is 28.7 Å². The van der Waals surface area contributed by atoms with Crippen LogP contribution >= 0.6 is 0 Å². The second kappa shape index (κ2) is 20.1. The molecule has 0 aromatic heterocycles. The van der Waals surface area contributed by atoms with E-state index in [0.29, 0.717) is 75.7 Å². The molecule has 1 aliphatic carbocycles. The monoisotopic (exact) mass is 746 g/mol. The van der Waals surface area contributed by atoms with E-state index in [0.717, 1.165) is 62.5 Å². The van der Waals surface area contributed by atoms with Gasteiger partial charge in [0, 0.05) is 88.5 Å². The largest absolute Gasteiger partial charge is 0.493 e. The zero-order valence-corrected chi connectivity index (χ0v) is 31.6. The first-order valence-electron chi connectivity index (χ1n) is 19.1. The van der Waals surface area contributed by atoms with E-state index >= 15 is 0 Å². The SMILES string of the molecule is C=CN(CCCCOCCCCOc1ccc2c(c1)OC(=O)C1C2C2C(=O)Oc3cc(OCCCCOCCCCN(C=C)C(C)=O)ccc3C12)C(C)=O. The summed E-state index contributed by atoms with van der Waals surface area (Å²) in [6.07, 6.45) is 9.84. The van der Waals surface area contributed by atoms with E-state index < -0.39 is 11.8 Å². The molecule has 12 nitrogen and oxygen atoms in total. The van der Waals surface area contributed by atoms with Crippen molar-refractivity contribution in [2.45, 2.75) is 77.0 Å². The molecule has 0 spiro atoms. The summed E-state index contributed by atoms with van der Waals surface area (Å²) in [4.78, 5) is 52.7.